The maximum atomic E-state index is 14.5. The second kappa shape index (κ2) is 12.0. The lowest BCUT2D eigenvalue weighted by Gasteiger charge is -2.37. The molecular weight excluding hydrogens is 541 g/mol. The Hall–Kier alpha value is -3.22. The molecule has 1 atom stereocenters. The van der Waals surface area contributed by atoms with E-state index in [1.165, 1.54) is 55.1 Å². The maximum Gasteiger partial charge on any atom is 0.228 e. The van der Waals surface area contributed by atoms with Gasteiger partial charge in [-0.3, -0.25) is 4.79 Å². The Balaban J connectivity index is 1.75. The minimum Gasteiger partial charge on any atom is -0.338 e. The second-order valence-electron chi connectivity index (χ2n) is 14.0. The zero-order valence-electron chi connectivity index (χ0n) is 27.6. The van der Waals surface area contributed by atoms with Gasteiger partial charge in [0.2, 0.25) is 5.91 Å². The van der Waals surface area contributed by atoms with E-state index in [-0.39, 0.29) is 17.4 Å². The van der Waals surface area contributed by atoms with Gasteiger partial charge in [0, 0.05) is 23.4 Å². The van der Waals surface area contributed by atoms with E-state index in [4.69, 9.17) is 0 Å². The first-order chi connectivity index (χ1) is 20.3. The fourth-order valence-electron chi connectivity index (χ4n) is 7.97. The number of hydrogen-bond acceptors (Lipinski definition) is 1. The number of carbonyl (C=O) groups is 1. The van der Waals surface area contributed by atoms with Gasteiger partial charge >= 0.3 is 0 Å². The van der Waals surface area contributed by atoms with E-state index in [0.717, 1.165) is 12.6 Å². The smallest absolute Gasteiger partial charge is 0.228 e. The molecule has 4 aromatic carbocycles. The molecule has 0 aromatic heterocycles. The summed E-state index contributed by atoms with van der Waals surface area (Å²) in [5.74, 6) is 0.250. The summed E-state index contributed by atoms with van der Waals surface area (Å²) in [4.78, 5) is 16.8. The van der Waals surface area contributed by atoms with Gasteiger partial charge in [0.05, 0.1) is 0 Å². The standard InChI is InChI=1S/C40H48NOP/c1-27-20-29(3)36(30(4)21-27)40(37-31(5)22-28(2)23-32(37)6)24-33(41(26-40)38(42)39(7,8)9)25-43(34-16-12-10-13-17-34)35-18-14-11-15-19-35/h10-23,33H,24-26H2,1-9H3/t33-/m0/s1. The van der Waals surface area contributed by atoms with Gasteiger partial charge in [-0.25, -0.2) is 0 Å². The van der Waals surface area contributed by atoms with Crippen LogP contribution in [0.1, 0.15) is 71.7 Å². The molecule has 0 N–H and O–H groups in total. The molecule has 1 amide bonds. The van der Waals surface area contributed by atoms with Crippen LogP contribution in [0.15, 0.2) is 84.9 Å². The zero-order chi connectivity index (χ0) is 31.1. The number of hydrogen-bond donors (Lipinski definition) is 0. The molecule has 3 heteroatoms. The number of rotatable bonds is 6. The SMILES string of the molecule is Cc1cc(C)c(C2(c3c(C)cc(C)cc3C)C[C@@H](CP(c3ccccc3)c3ccccc3)N(C(=O)C(C)(C)C)C2)c(C)c1. The van der Waals surface area contributed by atoms with Crippen LogP contribution < -0.4 is 10.6 Å². The molecule has 0 radical (unpaired) electrons. The molecule has 0 bridgehead atoms. The molecule has 1 aliphatic rings. The Labute approximate surface area is 261 Å². The van der Waals surface area contributed by atoms with Crippen molar-refractivity contribution < 1.29 is 4.79 Å². The first-order valence-corrected chi connectivity index (χ1v) is 17.2. The van der Waals surface area contributed by atoms with Gasteiger partial charge in [-0.05, 0) is 106 Å². The number of carbonyl (C=O) groups excluding carboxylic acids is 1. The average molecular weight is 590 g/mol. The lowest BCUT2D eigenvalue weighted by molar-refractivity contribution is -0.140. The van der Waals surface area contributed by atoms with Gasteiger partial charge in [0.15, 0.2) is 0 Å². The molecule has 1 fully saturated rings. The van der Waals surface area contributed by atoms with Crippen LogP contribution >= 0.6 is 7.92 Å². The summed E-state index contributed by atoms with van der Waals surface area (Å²) >= 11 is 0. The summed E-state index contributed by atoms with van der Waals surface area (Å²) in [6.45, 7) is 20.4. The molecule has 0 aliphatic carbocycles. The van der Waals surface area contributed by atoms with Crippen LogP contribution in [0.5, 0.6) is 0 Å². The minimum atomic E-state index is -0.663. The lowest BCUT2D eigenvalue weighted by Crippen LogP contribution is -2.45. The van der Waals surface area contributed by atoms with Crippen LogP contribution in [0.4, 0.5) is 0 Å². The van der Waals surface area contributed by atoms with Crippen molar-refractivity contribution in [1.29, 1.82) is 0 Å². The predicted octanol–water partition coefficient (Wildman–Crippen LogP) is 8.60. The van der Waals surface area contributed by atoms with E-state index >= 15 is 0 Å². The van der Waals surface area contributed by atoms with Crippen molar-refractivity contribution >= 4 is 24.4 Å². The molecule has 0 unspecified atom stereocenters. The van der Waals surface area contributed by atoms with E-state index < -0.39 is 13.3 Å². The van der Waals surface area contributed by atoms with Gasteiger partial charge < -0.3 is 4.90 Å². The number of benzene rings is 4. The van der Waals surface area contributed by atoms with Crippen molar-refractivity contribution in [2.24, 2.45) is 5.41 Å². The highest BCUT2D eigenvalue weighted by atomic mass is 31.1. The summed E-state index contributed by atoms with van der Waals surface area (Å²) in [6.07, 6.45) is 1.86. The van der Waals surface area contributed by atoms with E-state index in [9.17, 15) is 4.79 Å². The Morgan fingerprint density at radius 3 is 1.49 bits per heavy atom. The Kier molecular flexibility index (Phi) is 8.75. The van der Waals surface area contributed by atoms with Crippen LogP contribution in [-0.2, 0) is 10.2 Å². The fourth-order valence-corrected chi connectivity index (χ4v) is 10.5. The summed E-state index contributed by atoms with van der Waals surface area (Å²) in [6, 6.07) is 31.4. The Bertz CT molecular complexity index is 1470. The van der Waals surface area contributed by atoms with Gasteiger partial charge in [0.1, 0.15) is 0 Å². The highest BCUT2D eigenvalue weighted by Crippen LogP contribution is 2.51. The van der Waals surface area contributed by atoms with Crippen LogP contribution in [0.3, 0.4) is 0 Å². The second-order valence-corrected chi connectivity index (χ2v) is 16.2. The molecule has 1 heterocycles. The van der Waals surface area contributed by atoms with Gasteiger partial charge in [0.25, 0.3) is 0 Å². The summed E-state index contributed by atoms with van der Waals surface area (Å²) in [5.41, 5.74) is 9.96. The quantitative estimate of drug-likeness (QED) is 0.206. The summed E-state index contributed by atoms with van der Waals surface area (Å²) in [7, 11) is -0.663. The van der Waals surface area contributed by atoms with Crippen molar-refractivity contribution in [2.45, 2.75) is 80.2 Å². The number of likely N-dealkylation sites (tertiary alicyclic amines) is 1. The van der Waals surface area contributed by atoms with Crippen molar-refractivity contribution in [3.63, 3.8) is 0 Å². The number of amides is 1. The highest BCUT2D eigenvalue weighted by Gasteiger charge is 2.52. The summed E-state index contributed by atoms with van der Waals surface area (Å²) in [5, 5.41) is 2.74. The summed E-state index contributed by atoms with van der Waals surface area (Å²) < 4.78 is 0. The molecule has 0 saturated carbocycles. The molecule has 4 aromatic rings. The largest absolute Gasteiger partial charge is 0.338 e. The van der Waals surface area contributed by atoms with Crippen molar-refractivity contribution in [2.75, 3.05) is 12.7 Å². The Morgan fingerprint density at radius 2 is 1.12 bits per heavy atom. The van der Waals surface area contributed by atoms with E-state index in [1.54, 1.807) is 0 Å². The molecule has 224 valence electrons. The van der Waals surface area contributed by atoms with Gasteiger partial charge in [-0.1, -0.05) is 117 Å². The minimum absolute atomic E-state index is 0.110. The van der Waals surface area contributed by atoms with Gasteiger partial charge in [-0.15, -0.1) is 0 Å². The topological polar surface area (TPSA) is 20.3 Å². The molecule has 5 rings (SSSR count). The van der Waals surface area contributed by atoms with E-state index in [2.05, 4.69) is 152 Å². The third kappa shape index (κ3) is 6.09. The predicted molar refractivity (Wildman–Crippen MR) is 186 cm³/mol. The van der Waals surface area contributed by atoms with Crippen LogP contribution in [0, 0.1) is 47.0 Å². The average Bonchev–Trinajstić information content (AvgIpc) is 3.29. The highest BCUT2D eigenvalue weighted by molar-refractivity contribution is 7.73. The Morgan fingerprint density at radius 1 is 0.721 bits per heavy atom. The van der Waals surface area contributed by atoms with Crippen molar-refractivity contribution in [3.8, 4) is 0 Å². The normalized spacial score (nSPS) is 16.6. The molecule has 1 aliphatic heterocycles. The van der Waals surface area contributed by atoms with Crippen LogP contribution in [-0.4, -0.2) is 29.6 Å². The monoisotopic (exact) mass is 589 g/mol. The third-order valence-electron chi connectivity index (χ3n) is 9.21. The van der Waals surface area contributed by atoms with Crippen LogP contribution in [0.25, 0.3) is 0 Å². The van der Waals surface area contributed by atoms with Crippen molar-refractivity contribution in [1.82, 2.24) is 4.90 Å². The van der Waals surface area contributed by atoms with E-state index in [1.807, 2.05) is 0 Å². The van der Waals surface area contributed by atoms with Gasteiger partial charge in [-0.2, -0.15) is 0 Å². The first kappa shape index (κ1) is 31.2. The molecule has 2 nitrogen and oxygen atoms in total. The fraction of sp³-hybridized carbons (Fsp3) is 0.375. The van der Waals surface area contributed by atoms with E-state index in [0.29, 0.717) is 6.54 Å². The molecule has 0 spiro atoms. The zero-order valence-corrected chi connectivity index (χ0v) is 28.5. The maximum absolute atomic E-state index is 14.5. The number of aryl methyl sites for hydroxylation is 6. The third-order valence-corrected chi connectivity index (χ3v) is 11.8. The number of nitrogens with zero attached hydrogens (tertiary/aromatic N) is 1. The molecular formula is C40H48NOP. The first-order valence-electron chi connectivity index (χ1n) is 15.7. The molecule has 43 heavy (non-hydrogen) atoms. The van der Waals surface area contributed by atoms with Crippen molar-refractivity contribution in [3.05, 3.63) is 129 Å². The molecule has 1 saturated heterocycles. The van der Waals surface area contributed by atoms with Crippen LogP contribution in [0.2, 0.25) is 0 Å². The lowest BCUT2D eigenvalue weighted by atomic mass is 9.67.